The van der Waals surface area contributed by atoms with Crippen molar-refractivity contribution in [3.8, 4) is 0 Å². The quantitative estimate of drug-likeness (QED) is 0.412. The van der Waals surface area contributed by atoms with Crippen LogP contribution in [0.4, 0.5) is 0 Å². The summed E-state index contributed by atoms with van der Waals surface area (Å²) < 4.78 is 10.3. The number of nitrogens with zero attached hydrogens (tertiary/aromatic N) is 1. The van der Waals surface area contributed by atoms with Crippen molar-refractivity contribution in [3.05, 3.63) is 0 Å². The highest BCUT2D eigenvalue weighted by atomic mass is 32.1. The number of nitrogens with one attached hydrogen (secondary N) is 1. The minimum atomic E-state index is -1.23. The van der Waals surface area contributed by atoms with E-state index in [0.29, 0.717) is 0 Å². The molecule has 4 N–H and O–H groups in total. The normalized spacial score (nSPS) is 39.6. The number of rotatable bonds is 3. The first kappa shape index (κ1) is 14.6. The Balaban J connectivity index is 2.13. The zero-order chi connectivity index (χ0) is 14.2. The van der Waals surface area contributed by atoms with Crippen LogP contribution < -0.4 is 5.32 Å². The molecule has 2 rings (SSSR count). The van der Waals surface area contributed by atoms with Gasteiger partial charge < -0.3 is 35.0 Å². The first-order valence-electron chi connectivity index (χ1n) is 5.76. The number of ether oxygens (including phenoxy) is 2. The van der Waals surface area contributed by atoms with Crippen LogP contribution in [-0.4, -0.2) is 82.1 Å². The van der Waals surface area contributed by atoms with Gasteiger partial charge in [-0.3, -0.25) is 4.79 Å². The van der Waals surface area contributed by atoms with E-state index in [0.717, 1.165) is 0 Å². The van der Waals surface area contributed by atoms with Gasteiger partial charge in [0, 0.05) is 7.11 Å². The van der Waals surface area contributed by atoms with Gasteiger partial charge in [0.25, 0.3) is 5.91 Å². The number of methoxy groups -OCH3 is 1. The van der Waals surface area contributed by atoms with Gasteiger partial charge in [0.05, 0.1) is 13.2 Å². The van der Waals surface area contributed by atoms with Gasteiger partial charge in [-0.25, -0.2) is 0 Å². The van der Waals surface area contributed by atoms with E-state index < -0.39 is 37.3 Å². The fourth-order valence-electron chi connectivity index (χ4n) is 2.14. The van der Waals surface area contributed by atoms with Crippen molar-refractivity contribution in [1.29, 1.82) is 0 Å². The molecule has 2 aliphatic heterocycles. The highest BCUT2D eigenvalue weighted by Gasteiger charge is 2.48. The van der Waals surface area contributed by atoms with Crippen LogP contribution in [0.25, 0.3) is 0 Å². The summed E-state index contributed by atoms with van der Waals surface area (Å²) in [4.78, 5) is 12.9. The number of amides is 1. The summed E-state index contributed by atoms with van der Waals surface area (Å²) in [5.41, 5.74) is 0. The second kappa shape index (κ2) is 5.65. The maximum absolute atomic E-state index is 11.5. The molecule has 1 amide bonds. The first-order chi connectivity index (χ1) is 8.99. The van der Waals surface area contributed by atoms with Crippen LogP contribution >= 0.6 is 12.2 Å². The Kier molecular flexibility index (Phi) is 4.33. The standard InChI is InChI=1S/C10H16N2O6S/c1-17-4-2-12(10(19)11-8(4)16)9-7(15)6(14)5(3-13)18-9/h4-7,9,13-15H,2-3H2,1H3,(H,11,16,19)/t4?,5-,6-,7-,9-/m1/s1. The Morgan fingerprint density at radius 1 is 1.53 bits per heavy atom. The van der Waals surface area contributed by atoms with Gasteiger partial charge in [0.15, 0.2) is 17.4 Å². The molecule has 0 bridgehead atoms. The average molecular weight is 292 g/mol. The largest absolute Gasteiger partial charge is 0.394 e. The Hall–Kier alpha value is -0.840. The molecule has 0 spiro atoms. The number of carbonyl (C=O) groups excluding carboxylic acids is 1. The van der Waals surface area contributed by atoms with E-state index in [1.807, 2.05) is 0 Å². The zero-order valence-corrected chi connectivity index (χ0v) is 11.0. The van der Waals surface area contributed by atoms with Gasteiger partial charge in [-0.1, -0.05) is 0 Å². The number of hydrogen-bond donors (Lipinski definition) is 4. The molecule has 0 aliphatic carbocycles. The lowest BCUT2D eigenvalue weighted by atomic mass is 10.1. The summed E-state index contributed by atoms with van der Waals surface area (Å²) in [6.07, 6.45) is -5.01. The van der Waals surface area contributed by atoms with Crippen LogP contribution in [0.1, 0.15) is 0 Å². The van der Waals surface area contributed by atoms with E-state index in [4.69, 9.17) is 26.8 Å². The molecular formula is C10H16N2O6S. The minimum absolute atomic E-state index is 0.0909. The molecule has 2 saturated heterocycles. The minimum Gasteiger partial charge on any atom is -0.394 e. The molecule has 2 heterocycles. The van der Waals surface area contributed by atoms with Crippen LogP contribution in [0.2, 0.25) is 0 Å². The third-order valence-electron chi connectivity index (χ3n) is 3.25. The summed E-state index contributed by atoms with van der Waals surface area (Å²) >= 11 is 5.01. The molecule has 19 heavy (non-hydrogen) atoms. The lowest BCUT2D eigenvalue weighted by Gasteiger charge is -2.38. The number of aliphatic hydroxyl groups excluding tert-OH is 3. The second-order valence-electron chi connectivity index (χ2n) is 4.40. The maximum Gasteiger partial charge on any atom is 0.257 e. The number of hydrogen-bond acceptors (Lipinski definition) is 7. The molecular weight excluding hydrogens is 276 g/mol. The molecule has 2 aliphatic rings. The predicted octanol–water partition coefficient (Wildman–Crippen LogP) is -2.84. The Morgan fingerprint density at radius 2 is 2.21 bits per heavy atom. The highest BCUT2D eigenvalue weighted by molar-refractivity contribution is 7.80. The van der Waals surface area contributed by atoms with Crippen molar-refractivity contribution in [2.45, 2.75) is 30.6 Å². The van der Waals surface area contributed by atoms with Gasteiger partial charge in [-0.2, -0.15) is 0 Å². The smallest absolute Gasteiger partial charge is 0.257 e. The van der Waals surface area contributed by atoms with E-state index in [1.165, 1.54) is 12.0 Å². The number of thiocarbonyl (C=S) groups is 1. The van der Waals surface area contributed by atoms with E-state index in [9.17, 15) is 15.0 Å². The fraction of sp³-hybridized carbons (Fsp3) is 0.800. The van der Waals surface area contributed by atoms with E-state index in [1.54, 1.807) is 0 Å². The second-order valence-corrected chi connectivity index (χ2v) is 4.79. The van der Waals surface area contributed by atoms with Crippen LogP contribution in [0, 0.1) is 0 Å². The topological polar surface area (TPSA) is 111 Å². The van der Waals surface area contributed by atoms with E-state index >= 15 is 0 Å². The van der Waals surface area contributed by atoms with Gasteiger partial charge in [-0.05, 0) is 12.2 Å². The molecule has 5 atom stereocenters. The molecule has 108 valence electrons. The molecule has 9 heteroatoms. The summed E-state index contributed by atoms with van der Waals surface area (Å²) in [6, 6.07) is 0. The monoisotopic (exact) mass is 292 g/mol. The SMILES string of the molecule is COC1CN([C@@H]2O[C@H](CO)[C@@H](O)[C@H]2O)C(=S)NC1=O. The Labute approximate surface area is 114 Å². The third kappa shape index (κ3) is 2.57. The van der Waals surface area contributed by atoms with Gasteiger partial charge in [0.2, 0.25) is 0 Å². The summed E-state index contributed by atoms with van der Waals surface area (Å²) in [5.74, 6) is -0.365. The number of aliphatic hydroxyl groups is 3. The van der Waals surface area contributed by atoms with Crippen LogP contribution in [0.3, 0.4) is 0 Å². The molecule has 0 aromatic carbocycles. The molecule has 1 unspecified atom stereocenters. The van der Waals surface area contributed by atoms with Crippen molar-refractivity contribution in [2.75, 3.05) is 20.3 Å². The number of carbonyl (C=O) groups is 1. The van der Waals surface area contributed by atoms with E-state index in [2.05, 4.69) is 5.32 Å². The van der Waals surface area contributed by atoms with Gasteiger partial charge in [-0.15, -0.1) is 0 Å². The maximum atomic E-state index is 11.5. The van der Waals surface area contributed by atoms with Crippen molar-refractivity contribution >= 4 is 23.2 Å². The van der Waals surface area contributed by atoms with E-state index in [-0.39, 0.29) is 17.6 Å². The van der Waals surface area contributed by atoms with Gasteiger partial charge in [0.1, 0.15) is 18.3 Å². The van der Waals surface area contributed by atoms with Crippen molar-refractivity contribution in [2.24, 2.45) is 0 Å². The lowest BCUT2D eigenvalue weighted by molar-refractivity contribution is -0.137. The fourth-order valence-corrected chi connectivity index (χ4v) is 2.42. The zero-order valence-electron chi connectivity index (χ0n) is 10.2. The highest BCUT2D eigenvalue weighted by Crippen LogP contribution is 2.25. The summed E-state index contributed by atoms with van der Waals surface area (Å²) in [7, 11) is 1.38. The Bertz CT molecular complexity index is 381. The predicted molar refractivity (Wildman–Crippen MR) is 66.0 cm³/mol. The van der Waals surface area contributed by atoms with Crippen molar-refractivity contribution in [1.82, 2.24) is 10.2 Å². The molecule has 0 aromatic heterocycles. The molecule has 0 aromatic rings. The third-order valence-corrected chi connectivity index (χ3v) is 3.59. The molecule has 0 saturated carbocycles. The lowest BCUT2D eigenvalue weighted by Crippen LogP contribution is -2.62. The van der Waals surface area contributed by atoms with Crippen molar-refractivity contribution in [3.63, 3.8) is 0 Å². The van der Waals surface area contributed by atoms with Gasteiger partial charge >= 0.3 is 0 Å². The van der Waals surface area contributed by atoms with Crippen LogP contribution in [0.15, 0.2) is 0 Å². The molecule has 8 nitrogen and oxygen atoms in total. The summed E-state index contributed by atoms with van der Waals surface area (Å²) in [6.45, 7) is -0.316. The first-order valence-corrected chi connectivity index (χ1v) is 6.17. The van der Waals surface area contributed by atoms with Crippen LogP contribution in [-0.2, 0) is 14.3 Å². The summed E-state index contributed by atoms with van der Waals surface area (Å²) in [5, 5.41) is 31.2. The van der Waals surface area contributed by atoms with Crippen molar-refractivity contribution < 1.29 is 29.6 Å². The Morgan fingerprint density at radius 3 is 2.74 bits per heavy atom. The average Bonchev–Trinajstić information content (AvgIpc) is 2.67. The molecule has 2 fully saturated rings. The van der Waals surface area contributed by atoms with Crippen LogP contribution in [0.5, 0.6) is 0 Å². The molecule has 0 radical (unpaired) electrons.